The molecule has 0 saturated carbocycles. The molecule has 2 fully saturated rings. The summed E-state index contributed by atoms with van der Waals surface area (Å²) in [6, 6.07) is 1.97. The summed E-state index contributed by atoms with van der Waals surface area (Å²) < 4.78 is 5.44. The molecule has 2 saturated heterocycles. The molecule has 2 N–H and O–H groups in total. The van der Waals surface area contributed by atoms with E-state index in [1.54, 1.807) is 25.2 Å². The largest absolute Gasteiger partial charge is 0.365 e. The Bertz CT molecular complexity index is 914. The number of aromatic nitrogens is 3. The number of piperidine rings is 1. The fourth-order valence-electron chi connectivity index (χ4n) is 4.12. The van der Waals surface area contributed by atoms with Gasteiger partial charge >= 0.3 is 0 Å². The summed E-state index contributed by atoms with van der Waals surface area (Å²) in [7, 11) is 1.72. The summed E-state index contributed by atoms with van der Waals surface area (Å²) in [6.45, 7) is 2.32. The molecule has 2 aromatic rings. The van der Waals surface area contributed by atoms with Gasteiger partial charge in [-0.1, -0.05) is 0 Å². The zero-order valence-electron chi connectivity index (χ0n) is 15.1. The molecule has 0 aliphatic carbocycles. The van der Waals surface area contributed by atoms with Crippen molar-refractivity contribution in [1.29, 1.82) is 0 Å². The van der Waals surface area contributed by atoms with Crippen LogP contribution in [0.4, 0.5) is 5.82 Å². The molecule has 1 spiro atoms. The molecule has 2 unspecified atom stereocenters. The Morgan fingerprint density at radius 3 is 3.19 bits per heavy atom. The van der Waals surface area contributed by atoms with E-state index in [-0.39, 0.29) is 17.7 Å². The van der Waals surface area contributed by atoms with Crippen molar-refractivity contribution in [3.8, 4) is 0 Å². The normalized spacial score (nSPS) is 27.9. The molecule has 5 heterocycles. The van der Waals surface area contributed by atoms with Crippen LogP contribution in [0.1, 0.15) is 12.8 Å². The Morgan fingerprint density at radius 2 is 2.33 bits per heavy atom. The van der Waals surface area contributed by atoms with Crippen LogP contribution in [0.5, 0.6) is 0 Å². The number of likely N-dealkylation sites (tertiary alicyclic amines) is 1. The highest BCUT2D eigenvalue weighted by Crippen LogP contribution is 2.38. The summed E-state index contributed by atoms with van der Waals surface area (Å²) in [5.74, 6) is 1.79. The van der Waals surface area contributed by atoms with Crippen LogP contribution in [0, 0.1) is 0 Å². The topological polar surface area (TPSA) is 96.3 Å². The molecule has 2 atom stereocenters. The van der Waals surface area contributed by atoms with Crippen LogP contribution in [0.2, 0.25) is 0 Å². The molecule has 27 heavy (non-hydrogen) atoms. The highest BCUT2D eigenvalue weighted by atomic mass is 32.2. The maximum Gasteiger partial charge on any atom is 0.261 e. The van der Waals surface area contributed by atoms with Crippen LogP contribution >= 0.6 is 11.8 Å². The molecule has 142 valence electrons. The summed E-state index contributed by atoms with van der Waals surface area (Å²) in [5, 5.41) is 4.37. The number of anilines is 1. The standard InChI is InChI=1S/C18H22N6O2S/c1-26-17-18(22-17)4-2-6-24(10-18)16(25)13-9-23(7-8-27-13)15-12-3-5-19-14(12)20-11-21-15/h3,5,9,11,17,22H,2,4,6-8,10H2,1H3,(H,19,20,21). The molecule has 5 rings (SSSR count). The summed E-state index contributed by atoms with van der Waals surface area (Å²) in [4.78, 5) is 29.8. The second kappa shape index (κ2) is 6.50. The van der Waals surface area contributed by atoms with Crippen LogP contribution in [0.15, 0.2) is 29.7 Å². The minimum absolute atomic E-state index is 0.0494. The quantitative estimate of drug-likeness (QED) is 0.767. The third-order valence-electron chi connectivity index (χ3n) is 5.56. The average molecular weight is 386 g/mol. The maximum absolute atomic E-state index is 13.2. The zero-order chi connectivity index (χ0) is 18.4. The van der Waals surface area contributed by atoms with Crippen molar-refractivity contribution < 1.29 is 9.53 Å². The van der Waals surface area contributed by atoms with Crippen LogP contribution < -0.4 is 10.2 Å². The van der Waals surface area contributed by atoms with Gasteiger partial charge in [-0.15, -0.1) is 11.8 Å². The van der Waals surface area contributed by atoms with Gasteiger partial charge < -0.3 is 19.5 Å². The number of aromatic amines is 1. The van der Waals surface area contributed by atoms with E-state index in [1.807, 2.05) is 23.4 Å². The van der Waals surface area contributed by atoms with Gasteiger partial charge in [0.15, 0.2) is 0 Å². The lowest BCUT2D eigenvalue weighted by atomic mass is 9.97. The smallest absolute Gasteiger partial charge is 0.261 e. The van der Waals surface area contributed by atoms with Crippen molar-refractivity contribution in [2.45, 2.75) is 24.6 Å². The maximum atomic E-state index is 13.2. The SMILES string of the molecule is COC1NC12CCCN(C(=O)C1=CN(c3ncnc4[nH]ccc34)CCS1)C2. The van der Waals surface area contributed by atoms with Gasteiger partial charge in [0.2, 0.25) is 0 Å². The molecule has 0 bridgehead atoms. The number of hydrogen-bond acceptors (Lipinski definition) is 7. The van der Waals surface area contributed by atoms with E-state index >= 15 is 0 Å². The molecule has 0 aromatic carbocycles. The Morgan fingerprint density at radius 1 is 1.41 bits per heavy atom. The van der Waals surface area contributed by atoms with Gasteiger partial charge in [0.05, 0.1) is 15.8 Å². The first-order valence-electron chi connectivity index (χ1n) is 9.19. The Hall–Kier alpha value is -2.10. The number of hydrogen-bond donors (Lipinski definition) is 2. The van der Waals surface area contributed by atoms with E-state index < -0.39 is 0 Å². The van der Waals surface area contributed by atoms with Gasteiger partial charge in [-0.3, -0.25) is 10.1 Å². The van der Waals surface area contributed by atoms with E-state index in [0.29, 0.717) is 6.54 Å². The van der Waals surface area contributed by atoms with Gasteiger partial charge in [-0.25, -0.2) is 9.97 Å². The molecule has 2 aromatic heterocycles. The van der Waals surface area contributed by atoms with Gasteiger partial charge in [0.1, 0.15) is 24.0 Å². The highest BCUT2D eigenvalue weighted by Gasteiger charge is 2.56. The molecular weight excluding hydrogens is 364 g/mol. The van der Waals surface area contributed by atoms with Crippen molar-refractivity contribution in [2.24, 2.45) is 0 Å². The number of methoxy groups -OCH3 is 1. The predicted molar refractivity (Wildman–Crippen MR) is 104 cm³/mol. The Labute approximate surface area is 161 Å². The van der Waals surface area contributed by atoms with E-state index in [0.717, 1.165) is 53.4 Å². The van der Waals surface area contributed by atoms with Crippen LogP contribution in [-0.4, -0.2) is 70.0 Å². The molecule has 8 nitrogen and oxygen atoms in total. The fraction of sp³-hybridized carbons (Fsp3) is 0.500. The molecular formula is C18H22N6O2S. The van der Waals surface area contributed by atoms with Crippen LogP contribution in [0.3, 0.4) is 0 Å². The first kappa shape index (κ1) is 17.0. The first-order chi connectivity index (χ1) is 13.2. The summed E-state index contributed by atoms with van der Waals surface area (Å²) in [5.41, 5.74) is 0.759. The van der Waals surface area contributed by atoms with Crippen molar-refractivity contribution in [3.05, 3.63) is 29.7 Å². The second-order valence-electron chi connectivity index (χ2n) is 7.22. The van der Waals surface area contributed by atoms with Gasteiger partial charge in [-0.2, -0.15) is 0 Å². The Balaban J connectivity index is 1.38. The highest BCUT2D eigenvalue weighted by molar-refractivity contribution is 8.04. The van der Waals surface area contributed by atoms with Crippen molar-refractivity contribution in [2.75, 3.05) is 37.4 Å². The zero-order valence-corrected chi connectivity index (χ0v) is 16.0. The number of fused-ring (bicyclic) bond motifs is 1. The van der Waals surface area contributed by atoms with Crippen molar-refractivity contribution >= 4 is 34.5 Å². The van der Waals surface area contributed by atoms with Crippen LogP contribution in [0.25, 0.3) is 11.0 Å². The first-order valence-corrected chi connectivity index (χ1v) is 10.2. The van der Waals surface area contributed by atoms with Crippen molar-refractivity contribution in [1.82, 2.24) is 25.2 Å². The van der Waals surface area contributed by atoms with Crippen molar-refractivity contribution in [3.63, 3.8) is 0 Å². The monoisotopic (exact) mass is 386 g/mol. The number of carbonyl (C=O) groups is 1. The molecule has 0 radical (unpaired) electrons. The van der Waals surface area contributed by atoms with Gasteiger partial charge in [0.25, 0.3) is 5.91 Å². The lowest BCUT2D eigenvalue weighted by Gasteiger charge is -2.34. The molecule has 3 aliphatic heterocycles. The third kappa shape index (κ3) is 2.90. The summed E-state index contributed by atoms with van der Waals surface area (Å²) >= 11 is 1.62. The average Bonchev–Trinajstić information content (AvgIpc) is 3.14. The van der Waals surface area contributed by atoms with Crippen LogP contribution in [-0.2, 0) is 9.53 Å². The second-order valence-corrected chi connectivity index (χ2v) is 8.36. The molecule has 9 heteroatoms. The molecule has 1 amide bonds. The lowest BCUT2D eigenvalue weighted by Crippen LogP contribution is -2.47. The number of nitrogens with one attached hydrogen (secondary N) is 2. The number of H-pyrrole nitrogens is 1. The summed E-state index contributed by atoms with van der Waals surface area (Å²) in [6.07, 6.45) is 7.49. The van der Waals surface area contributed by atoms with Gasteiger partial charge in [0, 0.05) is 44.9 Å². The molecule has 3 aliphatic rings. The lowest BCUT2D eigenvalue weighted by molar-refractivity contribution is -0.128. The van der Waals surface area contributed by atoms with E-state index in [1.165, 1.54) is 0 Å². The van der Waals surface area contributed by atoms with E-state index in [4.69, 9.17) is 4.74 Å². The number of amides is 1. The van der Waals surface area contributed by atoms with Gasteiger partial charge in [-0.05, 0) is 18.9 Å². The fourth-order valence-corrected chi connectivity index (χ4v) is 5.08. The number of nitrogens with zero attached hydrogens (tertiary/aromatic N) is 4. The van der Waals surface area contributed by atoms with E-state index in [9.17, 15) is 4.79 Å². The minimum Gasteiger partial charge on any atom is -0.365 e. The number of carbonyl (C=O) groups excluding carboxylic acids is 1. The minimum atomic E-state index is -0.0494. The number of thioether (sulfide) groups is 1. The predicted octanol–water partition coefficient (Wildman–Crippen LogP) is 1.29. The number of rotatable bonds is 3. The third-order valence-corrected chi connectivity index (χ3v) is 6.54. The number of ether oxygens (including phenoxy) is 1. The Kier molecular flexibility index (Phi) is 4.10. The van der Waals surface area contributed by atoms with E-state index in [2.05, 4.69) is 25.2 Å².